The van der Waals surface area contributed by atoms with Gasteiger partial charge in [-0.15, -0.1) is 0 Å². The summed E-state index contributed by atoms with van der Waals surface area (Å²) in [5, 5.41) is 8.49. The number of carboxylic acids is 1. The molecule has 0 saturated heterocycles. The van der Waals surface area contributed by atoms with E-state index in [1.54, 1.807) is 0 Å². The van der Waals surface area contributed by atoms with Crippen molar-refractivity contribution in [3.8, 4) is 0 Å². The third-order valence-electron chi connectivity index (χ3n) is 3.69. The summed E-state index contributed by atoms with van der Waals surface area (Å²) in [7, 11) is 0. The molecular formula is C16H27NaO3. The van der Waals surface area contributed by atoms with E-state index in [0.29, 0.717) is 18.6 Å². The van der Waals surface area contributed by atoms with Crippen LogP contribution in [0.1, 0.15) is 77.0 Å². The maximum absolute atomic E-state index is 11.8. The summed E-state index contributed by atoms with van der Waals surface area (Å²) < 4.78 is 0. The number of aliphatic carboxylic acids is 1. The van der Waals surface area contributed by atoms with Crippen LogP contribution in [0.4, 0.5) is 0 Å². The molecular weight excluding hydrogens is 263 g/mol. The first-order valence-electron chi connectivity index (χ1n) is 7.64. The zero-order valence-electron chi connectivity index (χ0n) is 11.8. The number of ketones is 1. The molecule has 0 bridgehead atoms. The van der Waals surface area contributed by atoms with Crippen LogP contribution in [0.5, 0.6) is 0 Å². The van der Waals surface area contributed by atoms with Gasteiger partial charge >= 0.3 is 35.5 Å². The molecule has 0 unspecified atom stereocenters. The van der Waals surface area contributed by atoms with Gasteiger partial charge in [-0.25, -0.2) is 0 Å². The van der Waals surface area contributed by atoms with Gasteiger partial charge in [0.15, 0.2) is 5.78 Å². The molecule has 0 aromatic rings. The molecule has 20 heavy (non-hydrogen) atoms. The van der Waals surface area contributed by atoms with Crippen molar-refractivity contribution in [1.29, 1.82) is 0 Å². The SMILES string of the molecule is O=C(O)CCCCCCCCCC(=O)C1=CCCC1.[NaH]. The third-order valence-corrected chi connectivity index (χ3v) is 3.69. The van der Waals surface area contributed by atoms with Crippen molar-refractivity contribution < 1.29 is 14.7 Å². The molecule has 1 aliphatic rings. The van der Waals surface area contributed by atoms with Crippen LogP contribution >= 0.6 is 0 Å². The zero-order chi connectivity index (χ0) is 13.9. The Morgan fingerprint density at radius 2 is 1.50 bits per heavy atom. The Morgan fingerprint density at radius 3 is 2.00 bits per heavy atom. The quantitative estimate of drug-likeness (QED) is 0.467. The van der Waals surface area contributed by atoms with Gasteiger partial charge in [0, 0.05) is 12.8 Å². The van der Waals surface area contributed by atoms with E-state index in [2.05, 4.69) is 6.08 Å². The van der Waals surface area contributed by atoms with Crippen molar-refractivity contribution in [3.05, 3.63) is 11.6 Å². The molecule has 1 aliphatic carbocycles. The van der Waals surface area contributed by atoms with Gasteiger partial charge in [-0.1, -0.05) is 38.2 Å². The van der Waals surface area contributed by atoms with Crippen LogP contribution in [-0.2, 0) is 9.59 Å². The molecule has 0 spiro atoms. The fourth-order valence-electron chi connectivity index (χ4n) is 2.53. The molecule has 0 heterocycles. The molecule has 0 fully saturated rings. The number of carbonyl (C=O) groups is 2. The number of rotatable bonds is 11. The van der Waals surface area contributed by atoms with Crippen LogP contribution in [0, 0.1) is 0 Å². The van der Waals surface area contributed by atoms with E-state index < -0.39 is 5.97 Å². The minimum atomic E-state index is -0.695. The van der Waals surface area contributed by atoms with Crippen molar-refractivity contribution in [2.24, 2.45) is 0 Å². The second kappa shape index (κ2) is 12.6. The van der Waals surface area contributed by atoms with Gasteiger partial charge in [0.1, 0.15) is 0 Å². The number of hydrogen-bond donors (Lipinski definition) is 1. The Labute approximate surface area is 144 Å². The van der Waals surface area contributed by atoms with Crippen LogP contribution in [0.2, 0.25) is 0 Å². The third kappa shape index (κ3) is 9.73. The minimum absolute atomic E-state index is 0. The number of carbonyl (C=O) groups excluding carboxylic acids is 1. The van der Waals surface area contributed by atoms with Gasteiger partial charge in [0.25, 0.3) is 0 Å². The molecule has 1 N–H and O–H groups in total. The number of unbranched alkanes of at least 4 members (excludes halogenated alkanes) is 6. The van der Waals surface area contributed by atoms with E-state index in [1.165, 1.54) is 6.42 Å². The molecule has 0 aromatic carbocycles. The van der Waals surface area contributed by atoms with E-state index in [0.717, 1.165) is 63.4 Å². The monoisotopic (exact) mass is 290 g/mol. The molecule has 110 valence electrons. The van der Waals surface area contributed by atoms with Crippen molar-refractivity contribution in [2.45, 2.75) is 77.0 Å². The van der Waals surface area contributed by atoms with Crippen LogP contribution in [-0.4, -0.2) is 46.4 Å². The van der Waals surface area contributed by atoms with Crippen LogP contribution < -0.4 is 0 Å². The Kier molecular flexibility index (Phi) is 12.5. The molecule has 0 saturated carbocycles. The zero-order valence-corrected chi connectivity index (χ0v) is 11.8. The predicted octanol–water partition coefficient (Wildman–Crippen LogP) is 3.61. The second-order valence-corrected chi connectivity index (χ2v) is 5.41. The maximum atomic E-state index is 11.8. The van der Waals surface area contributed by atoms with E-state index in [1.807, 2.05) is 0 Å². The summed E-state index contributed by atoms with van der Waals surface area (Å²) in [6.07, 6.45) is 13.7. The topological polar surface area (TPSA) is 54.4 Å². The van der Waals surface area contributed by atoms with Crippen LogP contribution in [0.3, 0.4) is 0 Å². The molecule has 0 amide bonds. The average molecular weight is 290 g/mol. The van der Waals surface area contributed by atoms with Crippen molar-refractivity contribution >= 4 is 41.3 Å². The first-order valence-corrected chi connectivity index (χ1v) is 7.64. The molecule has 3 nitrogen and oxygen atoms in total. The molecule has 0 radical (unpaired) electrons. The van der Waals surface area contributed by atoms with E-state index in [9.17, 15) is 9.59 Å². The average Bonchev–Trinajstić information content (AvgIpc) is 2.90. The molecule has 1 rings (SSSR count). The summed E-state index contributed by atoms with van der Waals surface area (Å²) in [5.41, 5.74) is 1.06. The Bertz CT molecular complexity index is 324. The molecule has 4 heteroatoms. The molecule has 0 atom stereocenters. The first kappa shape index (κ1) is 19.9. The first-order chi connectivity index (χ1) is 9.20. The van der Waals surface area contributed by atoms with Crippen molar-refractivity contribution in [2.75, 3.05) is 0 Å². The van der Waals surface area contributed by atoms with Gasteiger partial charge < -0.3 is 5.11 Å². The fraction of sp³-hybridized carbons (Fsp3) is 0.750. The predicted molar refractivity (Wildman–Crippen MR) is 83.3 cm³/mol. The molecule has 0 aromatic heterocycles. The van der Waals surface area contributed by atoms with E-state index in [-0.39, 0.29) is 29.6 Å². The summed E-state index contributed by atoms with van der Waals surface area (Å²) in [6.45, 7) is 0. The normalized spacial score (nSPS) is 13.7. The Balaban J connectivity index is 0.00000361. The van der Waals surface area contributed by atoms with Gasteiger partial charge in [0.2, 0.25) is 0 Å². The number of hydrogen-bond acceptors (Lipinski definition) is 2. The summed E-state index contributed by atoms with van der Waals surface area (Å²) in [4.78, 5) is 22.1. The van der Waals surface area contributed by atoms with Crippen molar-refractivity contribution in [3.63, 3.8) is 0 Å². The van der Waals surface area contributed by atoms with Crippen LogP contribution in [0.25, 0.3) is 0 Å². The summed E-state index contributed by atoms with van der Waals surface area (Å²) >= 11 is 0. The standard InChI is InChI=1S/C16H26O3.Na.H/c17-15(14-10-8-9-11-14)12-6-4-2-1-3-5-7-13-16(18)19;;/h10H,1-9,11-13H2,(H,18,19);;. The van der Waals surface area contributed by atoms with E-state index >= 15 is 0 Å². The fourth-order valence-corrected chi connectivity index (χ4v) is 2.53. The Morgan fingerprint density at radius 1 is 0.950 bits per heavy atom. The van der Waals surface area contributed by atoms with Crippen molar-refractivity contribution in [1.82, 2.24) is 0 Å². The van der Waals surface area contributed by atoms with Gasteiger partial charge in [0.05, 0.1) is 0 Å². The van der Waals surface area contributed by atoms with Crippen LogP contribution in [0.15, 0.2) is 11.6 Å². The number of Topliss-reactive ketones (excluding diaryl/α,β-unsaturated/α-hetero) is 1. The van der Waals surface area contributed by atoms with Gasteiger partial charge in [-0.3, -0.25) is 9.59 Å². The van der Waals surface area contributed by atoms with Gasteiger partial charge in [-0.2, -0.15) is 0 Å². The summed E-state index contributed by atoms with van der Waals surface area (Å²) in [6, 6.07) is 0. The second-order valence-electron chi connectivity index (χ2n) is 5.41. The van der Waals surface area contributed by atoms with Gasteiger partial charge in [-0.05, 0) is 37.7 Å². The number of allylic oxidation sites excluding steroid dienone is 2. The number of carboxylic acid groups (broad SMARTS) is 1. The Hall–Kier alpha value is -0.120. The molecule has 0 aliphatic heterocycles. The van der Waals surface area contributed by atoms with E-state index in [4.69, 9.17) is 5.11 Å². The summed E-state index contributed by atoms with van der Waals surface area (Å²) in [5.74, 6) is -0.335.